The van der Waals surface area contributed by atoms with E-state index in [9.17, 15) is 24.6 Å². The number of aldehydes is 1. The standard InChI is InChI=1S/C31H43IN2O8/c1-31(2)21-6-5-19(22(31)15-21)16-34(27(37)7-10-40-3)24-13-20(30(39)33-8-9-35)14-25(28(24)38)42-29-23(32)11-18(17-36)12-26(29)41-4/h11-12,14,17,19,21-22,24-25,28,35,38H,5-10,13,15-16H2,1-4H3,(H,33,39)/t19-,21-,22-,24+,25-,28-/m0/s1. The number of halogens is 1. The zero-order valence-electron chi connectivity index (χ0n) is 24.8. The van der Waals surface area contributed by atoms with E-state index < -0.39 is 24.2 Å². The minimum absolute atomic E-state index is 0.0737. The number of nitrogens with one attached hydrogen (secondary N) is 1. The van der Waals surface area contributed by atoms with Gasteiger partial charge in [0.25, 0.3) is 0 Å². The van der Waals surface area contributed by atoms with Gasteiger partial charge in [0.05, 0.1) is 36.4 Å². The average molecular weight is 699 g/mol. The highest BCUT2D eigenvalue weighted by atomic mass is 127. The molecule has 11 heteroatoms. The monoisotopic (exact) mass is 698 g/mol. The van der Waals surface area contributed by atoms with Gasteiger partial charge in [-0.1, -0.05) is 13.8 Å². The Balaban J connectivity index is 1.69. The highest BCUT2D eigenvalue weighted by Gasteiger charge is 2.55. The molecule has 4 aliphatic carbocycles. The number of rotatable bonds is 13. The second kappa shape index (κ2) is 14.0. The van der Waals surface area contributed by atoms with Crippen molar-refractivity contribution in [1.82, 2.24) is 10.2 Å². The lowest BCUT2D eigenvalue weighted by molar-refractivity contribution is -0.149. The molecule has 5 rings (SSSR count). The Hall–Kier alpha value is -2.22. The van der Waals surface area contributed by atoms with E-state index in [-0.39, 0.29) is 49.8 Å². The summed E-state index contributed by atoms with van der Waals surface area (Å²) in [6, 6.07) is 2.47. The van der Waals surface area contributed by atoms with Gasteiger partial charge in [0, 0.05) is 37.8 Å². The van der Waals surface area contributed by atoms with Crippen LogP contribution in [0.3, 0.4) is 0 Å². The molecular weight excluding hydrogens is 655 g/mol. The Labute approximate surface area is 261 Å². The van der Waals surface area contributed by atoms with Crippen LogP contribution < -0.4 is 14.8 Å². The lowest BCUT2D eigenvalue weighted by Gasteiger charge is -2.61. The van der Waals surface area contributed by atoms with E-state index in [4.69, 9.17) is 14.2 Å². The van der Waals surface area contributed by atoms with Crippen molar-refractivity contribution in [3.05, 3.63) is 32.9 Å². The Bertz CT molecular complexity index is 1190. The first-order valence-electron chi connectivity index (χ1n) is 14.6. The van der Waals surface area contributed by atoms with Gasteiger partial charge in [-0.2, -0.15) is 0 Å². The molecule has 0 aromatic heterocycles. The predicted molar refractivity (Wildman–Crippen MR) is 164 cm³/mol. The topological polar surface area (TPSA) is 135 Å². The summed E-state index contributed by atoms with van der Waals surface area (Å²) >= 11 is 2.04. The molecule has 0 spiro atoms. The maximum Gasteiger partial charge on any atom is 0.247 e. The van der Waals surface area contributed by atoms with Gasteiger partial charge < -0.3 is 34.6 Å². The zero-order valence-corrected chi connectivity index (χ0v) is 27.0. The number of aliphatic hydroxyl groups is 2. The van der Waals surface area contributed by atoms with Gasteiger partial charge in [0.15, 0.2) is 11.5 Å². The highest BCUT2D eigenvalue weighted by molar-refractivity contribution is 14.1. The quantitative estimate of drug-likeness (QED) is 0.212. The van der Waals surface area contributed by atoms with Crippen LogP contribution in [0.4, 0.5) is 0 Å². The van der Waals surface area contributed by atoms with Crippen LogP contribution in [-0.2, 0) is 14.3 Å². The number of carbonyl (C=O) groups excluding carboxylic acids is 3. The van der Waals surface area contributed by atoms with Crippen molar-refractivity contribution in [2.75, 3.05) is 40.5 Å². The molecular formula is C31H43IN2O8. The second-order valence-electron chi connectivity index (χ2n) is 12.2. The summed E-state index contributed by atoms with van der Waals surface area (Å²) < 4.78 is 17.6. The summed E-state index contributed by atoms with van der Waals surface area (Å²) in [4.78, 5) is 40.1. The number of nitrogens with zero attached hydrogens (tertiary/aromatic N) is 1. The fourth-order valence-corrected chi connectivity index (χ4v) is 7.78. The molecule has 2 amide bonds. The molecule has 0 radical (unpaired) electrons. The lowest BCUT2D eigenvalue weighted by Crippen LogP contribution is -2.59. The van der Waals surface area contributed by atoms with Crippen molar-refractivity contribution in [3.8, 4) is 11.5 Å². The largest absolute Gasteiger partial charge is 0.493 e. The van der Waals surface area contributed by atoms with Crippen LogP contribution in [0.2, 0.25) is 0 Å². The SMILES string of the molecule is COCCC(=O)N(C[C@@H]1CC[C@H]2C[C@@H]1C2(C)C)[C@@H]1CC(C(=O)NCCO)=C[C@H](Oc2c(I)cc(C=O)cc2OC)[C@H]1O. The van der Waals surface area contributed by atoms with Crippen molar-refractivity contribution in [2.24, 2.45) is 23.2 Å². The molecule has 3 N–H and O–H groups in total. The van der Waals surface area contributed by atoms with Crippen LogP contribution >= 0.6 is 22.6 Å². The third kappa shape index (κ3) is 6.79. The number of methoxy groups -OCH3 is 2. The van der Waals surface area contributed by atoms with Crippen molar-refractivity contribution >= 4 is 40.7 Å². The number of aliphatic hydroxyl groups excluding tert-OH is 2. The highest BCUT2D eigenvalue weighted by Crippen LogP contribution is 2.61. The van der Waals surface area contributed by atoms with Crippen LogP contribution in [-0.4, -0.2) is 92.0 Å². The molecule has 3 fully saturated rings. The number of hydrogen-bond acceptors (Lipinski definition) is 8. The van der Waals surface area contributed by atoms with E-state index in [0.29, 0.717) is 50.9 Å². The fraction of sp³-hybridized carbons (Fsp3) is 0.645. The molecule has 0 saturated heterocycles. The Morgan fingerprint density at radius 3 is 2.62 bits per heavy atom. The predicted octanol–water partition coefficient (Wildman–Crippen LogP) is 2.97. The van der Waals surface area contributed by atoms with Crippen LogP contribution in [0, 0.1) is 26.7 Å². The Morgan fingerprint density at radius 1 is 1.24 bits per heavy atom. The lowest BCUT2D eigenvalue weighted by atomic mass is 9.45. The van der Waals surface area contributed by atoms with E-state index >= 15 is 0 Å². The number of hydrogen-bond donors (Lipinski definition) is 3. The third-order valence-electron chi connectivity index (χ3n) is 9.53. The van der Waals surface area contributed by atoms with Crippen molar-refractivity contribution in [2.45, 2.75) is 64.2 Å². The molecule has 6 atom stereocenters. The average Bonchev–Trinajstić information content (AvgIpc) is 2.99. The molecule has 1 aromatic carbocycles. The van der Waals surface area contributed by atoms with Gasteiger partial charge in [-0.25, -0.2) is 0 Å². The molecule has 232 valence electrons. The summed E-state index contributed by atoms with van der Waals surface area (Å²) in [5.41, 5.74) is 0.991. The summed E-state index contributed by atoms with van der Waals surface area (Å²) in [5.74, 6) is 1.60. The molecule has 0 unspecified atom stereocenters. The van der Waals surface area contributed by atoms with E-state index in [0.717, 1.165) is 19.3 Å². The van der Waals surface area contributed by atoms with Gasteiger partial charge in [-0.3, -0.25) is 14.4 Å². The third-order valence-corrected chi connectivity index (χ3v) is 10.3. The molecule has 0 aliphatic heterocycles. The number of fused-ring (bicyclic) bond motifs is 2. The number of ether oxygens (including phenoxy) is 3. The minimum Gasteiger partial charge on any atom is -0.493 e. The first-order valence-corrected chi connectivity index (χ1v) is 15.7. The van der Waals surface area contributed by atoms with Crippen LogP contribution in [0.1, 0.15) is 56.3 Å². The molecule has 1 aromatic rings. The molecule has 42 heavy (non-hydrogen) atoms. The van der Waals surface area contributed by atoms with E-state index in [2.05, 4.69) is 19.2 Å². The van der Waals surface area contributed by atoms with Crippen molar-refractivity contribution < 1.29 is 38.8 Å². The van der Waals surface area contributed by atoms with Gasteiger partial charge in [-0.05, 0) is 83.2 Å². The number of benzene rings is 1. The maximum atomic E-state index is 13.7. The van der Waals surface area contributed by atoms with Crippen molar-refractivity contribution in [1.29, 1.82) is 0 Å². The normalized spacial score (nSPS) is 27.7. The number of amides is 2. The maximum absolute atomic E-state index is 13.7. The van der Waals surface area contributed by atoms with Crippen LogP contribution in [0.25, 0.3) is 0 Å². The first-order chi connectivity index (χ1) is 20.0. The first kappa shape index (κ1) is 32.7. The minimum atomic E-state index is -1.15. The molecule has 4 aliphatic rings. The van der Waals surface area contributed by atoms with Crippen LogP contribution in [0.5, 0.6) is 11.5 Å². The molecule has 0 heterocycles. The summed E-state index contributed by atoms with van der Waals surface area (Å²) in [6.07, 6.45) is 3.74. The Morgan fingerprint density at radius 2 is 2.00 bits per heavy atom. The summed E-state index contributed by atoms with van der Waals surface area (Å²) in [7, 11) is 3.01. The molecule has 2 bridgehead atoms. The molecule has 3 saturated carbocycles. The Kier molecular flexibility index (Phi) is 10.9. The van der Waals surface area contributed by atoms with Gasteiger partial charge >= 0.3 is 0 Å². The van der Waals surface area contributed by atoms with Crippen LogP contribution in [0.15, 0.2) is 23.8 Å². The fourth-order valence-electron chi connectivity index (χ4n) is 7.03. The van der Waals surface area contributed by atoms with E-state index in [1.165, 1.54) is 7.11 Å². The van der Waals surface area contributed by atoms with E-state index in [1.54, 1.807) is 30.2 Å². The second-order valence-corrected chi connectivity index (χ2v) is 13.3. The summed E-state index contributed by atoms with van der Waals surface area (Å²) in [6.45, 7) is 5.21. The zero-order chi connectivity index (χ0) is 30.6. The molecule has 10 nitrogen and oxygen atoms in total. The number of carbonyl (C=O) groups is 3. The smallest absolute Gasteiger partial charge is 0.247 e. The van der Waals surface area contributed by atoms with Gasteiger partial charge in [-0.15, -0.1) is 0 Å². The summed E-state index contributed by atoms with van der Waals surface area (Å²) in [5, 5.41) is 23.8. The van der Waals surface area contributed by atoms with E-state index in [1.807, 2.05) is 22.6 Å². The van der Waals surface area contributed by atoms with Gasteiger partial charge in [0.2, 0.25) is 11.8 Å². The van der Waals surface area contributed by atoms with Gasteiger partial charge in [0.1, 0.15) is 18.5 Å². The van der Waals surface area contributed by atoms with Crippen molar-refractivity contribution in [3.63, 3.8) is 0 Å².